The van der Waals surface area contributed by atoms with Crippen LogP contribution in [-0.2, 0) is 32.5 Å². The van der Waals surface area contributed by atoms with E-state index in [1.807, 2.05) is 0 Å². The van der Waals surface area contributed by atoms with Crippen molar-refractivity contribution in [2.24, 2.45) is 12.5 Å². The van der Waals surface area contributed by atoms with Crippen molar-refractivity contribution in [3.8, 4) is 0 Å². The molecule has 0 spiro atoms. The minimum absolute atomic E-state index is 0.0957. The Kier molecular flexibility index (Phi) is 5.02. The molecule has 0 aliphatic rings. The van der Waals surface area contributed by atoms with Gasteiger partial charge in [-0.3, -0.25) is 14.3 Å². The number of nitrogens with zero attached hydrogens (tertiary/aromatic N) is 3. The molecule has 0 amide bonds. The number of carbonyl (C=O) groups is 2. The summed E-state index contributed by atoms with van der Waals surface area (Å²) in [7, 11) is 1.71. The summed E-state index contributed by atoms with van der Waals surface area (Å²) in [5.74, 6) is -1.22. The fourth-order valence-corrected chi connectivity index (χ4v) is 1.65. The van der Waals surface area contributed by atoms with Crippen molar-refractivity contribution in [2.75, 3.05) is 13.2 Å². The first-order valence-electron chi connectivity index (χ1n) is 6.13. The summed E-state index contributed by atoms with van der Waals surface area (Å²) < 4.78 is 11.4. The van der Waals surface area contributed by atoms with Crippen molar-refractivity contribution >= 4 is 11.9 Å². The zero-order valence-electron chi connectivity index (χ0n) is 11.7. The van der Waals surface area contributed by atoms with Gasteiger partial charge in [-0.25, -0.2) is 0 Å². The summed E-state index contributed by atoms with van der Waals surface area (Å²) in [4.78, 5) is 24.0. The van der Waals surface area contributed by atoms with Crippen LogP contribution in [0.3, 0.4) is 0 Å². The Morgan fingerprint density at radius 1 is 1.26 bits per heavy atom. The van der Waals surface area contributed by atoms with E-state index in [4.69, 9.17) is 9.47 Å². The van der Waals surface area contributed by atoms with Gasteiger partial charge < -0.3 is 9.47 Å². The molecular formula is C12H19N3O4. The number of hydrogen-bond acceptors (Lipinski definition) is 6. The van der Waals surface area contributed by atoms with Gasteiger partial charge in [0.05, 0.1) is 18.9 Å². The summed E-state index contributed by atoms with van der Waals surface area (Å²) in [5.41, 5.74) is -0.867. The second-order valence-electron chi connectivity index (χ2n) is 4.33. The molecule has 7 heteroatoms. The average molecular weight is 269 g/mol. The fraction of sp³-hybridized carbons (Fsp3) is 0.667. The first kappa shape index (κ1) is 15.1. The highest BCUT2D eigenvalue weighted by molar-refractivity contribution is 5.99. The van der Waals surface area contributed by atoms with Crippen LogP contribution in [0, 0.1) is 5.41 Å². The highest BCUT2D eigenvalue weighted by atomic mass is 16.6. The Bertz CT molecular complexity index is 438. The predicted octanol–water partition coefficient (Wildman–Crippen LogP) is 0.490. The van der Waals surface area contributed by atoms with E-state index >= 15 is 0 Å². The first-order chi connectivity index (χ1) is 8.93. The quantitative estimate of drug-likeness (QED) is 0.552. The van der Waals surface area contributed by atoms with Crippen LogP contribution in [0.2, 0.25) is 0 Å². The van der Waals surface area contributed by atoms with E-state index in [1.165, 1.54) is 11.6 Å². The lowest BCUT2D eigenvalue weighted by molar-refractivity contribution is -0.170. The number of hydrogen-bond donors (Lipinski definition) is 0. The highest BCUT2D eigenvalue weighted by Gasteiger charge is 2.45. The normalized spacial score (nSPS) is 11.2. The number of aromatic nitrogens is 3. The summed E-state index contributed by atoms with van der Waals surface area (Å²) in [6.07, 6.45) is 1.75. The summed E-state index contributed by atoms with van der Waals surface area (Å²) in [5, 5.41) is 7.66. The van der Waals surface area contributed by atoms with E-state index in [2.05, 4.69) is 10.3 Å². The Morgan fingerprint density at radius 3 is 2.16 bits per heavy atom. The van der Waals surface area contributed by atoms with Crippen molar-refractivity contribution in [3.05, 3.63) is 11.9 Å². The third-order valence-electron chi connectivity index (χ3n) is 2.64. The van der Waals surface area contributed by atoms with Crippen LogP contribution in [0.15, 0.2) is 6.20 Å². The second-order valence-corrected chi connectivity index (χ2v) is 4.33. The van der Waals surface area contributed by atoms with E-state index in [9.17, 15) is 9.59 Å². The van der Waals surface area contributed by atoms with Crippen LogP contribution in [0.4, 0.5) is 0 Å². The molecule has 0 N–H and O–H groups in total. The minimum atomic E-state index is -1.40. The maximum absolute atomic E-state index is 12.0. The van der Waals surface area contributed by atoms with E-state index in [-0.39, 0.29) is 19.6 Å². The lowest BCUT2D eigenvalue weighted by Crippen LogP contribution is -2.41. The van der Waals surface area contributed by atoms with Gasteiger partial charge in [0.15, 0.2) is 5.41 Å². The molecular weight excluding hydrogens is 250 g/mol. The SMILES string of the molecule is CCOC(=O)C(C)(Cc1cn(C)nn1)C(=O)OCC. The molecule has 1 aromatic heterocycles. The second kappa shape index (κ2) is 6.31. The standard InChI is InChI=1S/C12H19N3O4/c1-5-18-10(16)12(3,11(17)19-6-2)7-9-8-15(4)14-13-9/h8H,5-7H2,1-4H3. The summed E-state index contributed by atoms with van der Waals surface area (Å²) in [6, 6.07) is 0. The molecule has 106 valence electrons. The van der Waals surface area contributed by atoms with Crippen molar-refractivity contribution in [1.82, 2.24) is 15.0 Å². The van der Waals surface area contributed by atoms with Gasteiger partial charge in [0, 0.05) is 19.7 Å². The Balaban J connectivity index is 2.97. The Hall–Kier alpha value is -1.92. The average Bonchev–Trinajstić information content (AvgIpc) is 2.75. The number of esters is 2. The molecule has 0 aromatic carbocycles. The molecule has 19 heavy (non-hydrogen) atoms. The van der Waals surface area contributed by atoms with Crippen molar-refractivity contribution in [3.63, 3.8) is 0 Å². The van der Waals surface area contributed by atoms with E-state index in [0.29, 0.717) is 5.69 Å². The van der Waals surface area contributed by atoms with Gasteiger partial charge in [0.2, 0.25) is 0 Å². The molecule has 0 fully saturated rings. The molecule has 1 heterocycles. The molecule has 1 rings (SSSR count). The molecule has 0 unspecified atom stereocenters. The predicted molar refractivity (Wildman–Crippen MR) is 66.1 cm³/mol. The molecule has 1 aromatic rings. The van der Waals surface area contributed by atoms with Gasteiger partial charge in [0.25, 0.3) is 0 Å². The lowest BCUT2D eigenvalue weighted by Gasteiger charge is -2.23. The Labute approximate surface area is 111 Å². The van der Waals surface area contributed by atoms with Gasteiger partial charge in [-0.15, -0.1) is 5.10 Å². The van der Waals surface area contributed by atoms with Crippen LogP contribution >= 0.6 is 0 Å². The molecule has 0 radical (unpaired) electrons. The summed E-state index contributed by atoms with van der Waals surface area (Å²) in [6.45, 7) is 5.28. The number of aryl methyl sites for hydroxylation is 1. The van der Waals surface area contributed by atoms with Gasteiger partial charge in [-0.1, -0.05) is 5.21 Å². The molecule has 0 atom stereocenters. The number of ether oxygens (including phenoxy) is 2. The van der Waals surface area contributed by atoms with Gasteiger partial charge in [-0.05, 0) is 20.8 Å². The smallest absolute Gasteiger partial charge is 0.323 e. The minimum Gasteiger partial charge on any atom is -0.465 e. The monoisotopic (exact) mass is 269 g/mol. The topological polar surface area (TPSA) is 83.3 Å². The lowest BCUT2D eigenvalue weighted by atomic mass is 9.85. The first-order valence-corrected chi connectivity index (χ1v) is 6.13. The zero-order valence-corrected chi connectivity index (χ0v) is 11.7. The molecule has 0 aliphatic heterocycles. The maximum Gasteiger partial charge on any atom is 0.323 e. The molecule has 0 saturated heterocycles. The molecule has 0 aliphatic carbocycles. The van der Waals surface area contributed by atoms with Crippen LogP contribution in [0.5, 0.6) is 0 Å². The maximum atomic E-state index is 12.0. The van der Waals surface area contributed by atoms with Crippen molar-refractivity contribution in [1.29, 1.82) is 0 Å². The van der Waals surface area contributed by atoms with E-state index in [1.54, 1.807) is 27.1 Å². The summed E-state index contributed by atoms with van der Waals surface area (Å²) >= 11 is 0. The van der Waals surface area contributed by atoms with Gasteiger partial charge in [-0.2, -0.15) is 0 Å². The number of rotatable bonds is 6. The van der Waals surface area contributed by atoms with Gasteiger partial charge >= 0.3 is 11.9 Å². The largest absolute Gasteiger partial charge is 0.465 e. The molecule has 7 nitrogen and oxygen atoms in total. The highest BCUT2D eigenvalue weighted by Crippen LogP contribution is 2.25. The third kappa shape index (κ3) is 3.52. The fourth-order valence-electron chi connectivity index (χ4n) is 1.65. The van der Waals surface area contributed by atoms with Crippen LogP contribution in [0.1, 0.15) is 26.5 Å². The number of carbonyl (C=O) groups excluding carboxylic acids is 2. The zero-order chi connectivity index (χ0) is 14.5. The molecule has 0 saturated carbocycles. The van der Waals surface area contributed by atoms with Crippen LogP contribution in [-0.4, -0.2) is 40.1 Å². The van der Waals surface area contributed by atoms with Crippen LogP contribution < -0.4 is 0 Å². The Morgan fingerprint density at radius 2 is 1.79 bits per heavy atom. The van der Waals surface area contributed by atoms with E-state index < -0.39 is 17.4 Å². The van der Waals surface area contributed by atoms with Gasteiger partial charge in [0.1, 0.15) is 0 Å². The van der Waals surface area contributed by atoms with E-state index in [0.717, 1.165) is 0 Å². The van der Waals surface area contributed by atoms with Crippen molar-refractivity contribution in [2.45, 2.75) is 27.2 Å². The third-order valence-corrected chi connectivity index (χ3v) is 2.64. The van der Waals surface area contributed by atoms with Crippen molar-refractivity contribution < 1.29 is 19.1 Å². The molecule has 0 bridgehead atoms. The van der Waals surface area contributed by atoms with Crippen LogP contribution in [0.25, 0.3) is 0 Å².